The van der Waals surface area contributed by atoms with Gasteiger partial charge in [0.05, 0.1) is 26.5 Å². The maximum atomic E-state index is 12.5. The third-order valence-corrected chi connectivity index (χ3v) is 3.48. The fourth-order valence-corrected chi connectivity index (χ4v) is 2.27. The number of para-hydroxylation sites is 2. The van der Waals surface area contributed by atoms with Crippen molar-refractivity contribution in [1.82, 2.24) is 0 Å². The Labute approximate surface area is 152 Å². The summed E-state index contributed by atoms with van der Waals surface area (Å²) in [5, 5.41) is 12.1. The van der Waals surface area contributed by atoms with Gasteiger partial charge in [-0.05, 0) is 42.8 Å². The van der Waals surface area contributed by atoms with Gasteiger partial charge in [-0.1, -0.05) is 12.1 Å². The lowest BCUT2D eigenvalue weighted by atomic mass is 10.1. The van der Waals surface area contributed by atoms with Gasteiger partial charge in [-0.3, -0.25) is 4.79 Å². The molecule has 0 atom stereocenters. The first-order valence-corrected chi connectivity index (χ1v) is 7.99. The molecule has 0 aliphatic carbocycles. The van der Waals surface area contributed by atoms with E-state index in [9.17, 15) is 10.1 Å². The van der Waals surface area contributed by atoms with Gasteiger partial charge in [-0.15, -0.1) is 0 Å². The Morgan fingerprint density at radius 1 is 1.15 bits per heavy atom. The number of nitriles is 1. The molecule has 0 radical (unpaired) electrons. The zero-order valence-corrected chi connectivity index (χ0v) is 14.9. The van der Waals surface area contributed by atoms with E-state index < -0.39 is 5.91 Å². The smallest absolute Gasteiger partial charge is 0.266 e. The molecule has 1 amide bonds. The minimum absolute atomic E-state index is 0.0494. The van der Waals surface area contributed by atoms with Crippen LogP contribution in [0.25, 0.3) is 6.08 Å². The van der Waals surface area contributed by atoms with Crippen LogP contribution >= 0.6 is 0 Å². The van der Waals surface area contributed by atoms with Crippen LogP contribution < -0.4 is 19.5 Å². The highest BCUT2D eigenvalue weighted by Crippen LogP contribution is 2.26. The molecule has 0 aliphatic rings. The lowest BCUT2D eigenvalue weighted by molar-refractivity contribution is -0.112. The van der Waals surface area contributed by atoms with Crippen LogP contribution in [0.15, 0.2) is 48.0 Å². The predicted octanol–water partition coefficient (Wildman–Crippen LogP) is 3.65. The van der Waals surface area contributed by atoms with Crippen LogP contribution in [0, 0.1) is 11.3 Å². The molecule has 0 heterocycles. The molecule has 0 saturated carbocycles. The van der Waals surface area contributed by atoms with Crippen LogP contribution in [0.5, 0.6) is 17.2 Å². The molecule has 0 saturated heterocycles. The molecule has 1 N–H and O–H groups in total. The van der Waals surface area contributed by atoms with Crippen molar-refractivity contribution in [2.45, 2.75) is 6.92 Å². The number of carbonyl (C=O) groups is 1. The van der Waals surface area contributed by atoms with Crippen molar-refractivity contribution in [3.8, 4) is 23.3 Å². The number of hydrogen-bond acceptors (Lipinski definition) is 5. The van der Waals surface area contributed by atoms with Crippen molar-refractivity contribution in [1.29, 1.82) is 5.26 Å². The van der Waals surface area contributed by atoms with E-state index in [1.54, 1.807) is 36.4 Å². The third-order valence-electron chi connectivity index (χ3n) is 3.48. The number of nitrogens with zero attached hydrogens (tertiary/aromatic N) is 1. The second-order valence-electron chi connectivity index (χ2n) is 5.20. The van der Waals surface area contributed by atoms with Crippen molar-refractivity contribution >= 4 is 17.7 Å². The molecule has 6 nitrogen and oxygen atoms in total. The number of amides is 1. The minimum Gasteiger partial charge on any atom is -0.497 e. The zero-order chi connectivity index (χ0) is 18.9. The maximum Gasteiger partial charge on any atom is 0.266 e. The first-order valence-electron chi connectivity index (χ1n) is 7.99. The Hall–Kier alpha value is -3.46. The summed E-state index contributed by atoms with van der Waals surface area (Å²) in [5.41, 5.74) is 1.07. The van der Waals surface area contributed by atoms with Crippen LogP contribution in [0.3, 0.4) is 0 Å². The number of benzene rings is 2. The van der Waals surface area contributed by atoms with E-state index in [4.69, 9.17) is 14.2 Å². The number of ether oxygens (including phenoxy) is 3. The third kappa shape index (κ3) is 4.77. The Bertz CT molecular complexity index is 831. The number of nitrogens with one attached hydrogen (secondary N) is 1. The molecular weight excluding hydrogens is 332 g/mol. The highest BCUT2D eigenvalue weighted by molar-refractivity contribution is 6.10. The van der Waals surface area contributed by atoms with E-state index in [1.807, 2.05) is 19.1 Å². The fourth-order valence-electron chi connectivity index (χ4n) is 2.27. The molecule has 2 rings (SSSR count). The van der Waals surface area contributed by atoms with Crippen LogP contribution in [0.4, 0.5) is 5.69 Å². The van der Waals surface area contributed by atoms with Crippen LogP contribution in [0.1, 0.15) is 12.5 Å². The van der Waals surface area contributed by atoms with Crippen molar-refractivity contribution < 1.29 is 19.0 Å². The number of hydrogen-bond donors (Lipinski definition) is 1. The summed E-state index contributed by atoms with van der Waals surface area (Å²) >= 11 is 0. The average Bonchev–Trinajstić information content (AvgIpc) is 2.67. The summed E-state index contributed by atoms with van der Waals surface area (Å²) in [6.07, 6.45) is 1.48. The van der Waals surface area contributed by atoms with E-state index in [2.05, 4.69) is 5.32 Å². The number of methoxy groups -OCH3 is 2. The molecule has 0 spiro atoms. The topological polar surface area (TPSA) is 80.6 Å². The Balaban J connectivity index is 2.30. The summed E-state index contributed by atoms with van der Waals surface area (Å²) in [6.45, 7) is 2.33. The highest BCUT2D eigenvalue weighted by Gasteiger charge is 2.13. The van der Waals surface area contributed by atoms with Crippen LogP contribution in [-0.2, 0) is 4.79 Å². The first-order chi connectivity index (χ1) is 12.6. The van der Waals surface area contributed by atoms with Crippen molar-refractivity contribution in [3.63, 3.8) is 0 Å². The lowest BCUT2D eigenvalue weighted by Gasteiger charge is -2.11. The molecule has 0 fully saturated rings. The standard InChI is InChI=1S/C20H20N2O4/c1-4-26-19-8-6-5-7-18(19)22-20(23)15(13-21)9-14-10-16(24-2)12-17(11-14)25-3/h5-12H,4H2,1-3H3,(H,22,23)/b15-9+. The summed E-state index contributed by atoms with van der Waals surface area (Å²) in [4.78, 5) is 12.5. The van der Waals surface area contributed by atoms with Crippen molar-refractivity contribution in [2.24, 2.45) is 0 Å². The molecule has 0 aliphatic heterocycles. The van der Waals surface area contributed by atoms with Gasteiger partial charge in [0.2, 0.25) is 0 Å². The molecule has 2 aromatic rings. The molecule has 134 valence electrons. The Morgan fingerprint density at radius 3 is 2.38 bits per heavy atom. The molecule has 6 heteroatoms. The Morgan fingerprint density at radius 2 is 1.81 bits per heavy atom. The van der Waals surface area contributed by atoms with E-state index in [1.165, 1.54) is 20.3 Å². The van der Waals surface area contributed by atoms with Gasteiger partial charge in [0.25, 0.3) is 5.91 Å². The second-order valence-corrected chi connectivity index (χ2v) is 5.20. The fraction of sp³-hybridized carbons (Fsp3) is 0.200. The number of carbonyl (C=O) groups excluding carboxylic acids is 1. The maximum absolute atomic E-state index is 12.5. The molecule has 26 heavy (non-hydrogen) atoms. The molecule has 0 aromatic heterocycles. The molecule has 0 bridgehead atoms. The summed E-state index contributed by atoms with van der Waals surface area (Å²) in [6, 6.07) is 14.1. The zero-order valence-electron chi connectivity index (χ0n) is 14.9. The Kier molecular flexibility index (Phi) is 6.63. The van der Waals surface area contributed by atoms with E-state index >= 15 is 0 Å². The second kappa shape index (κ2) is 9.14. The SMILES string of the molecule is CCOc1ccccc1NC(=O)/C(C#N)=C/c1cc(OC)cc(OC)c1. The lowest BCUT2D eigenvalue weighted by Crippen LogP contribution is -2.14. The molecular formula is C20H20N2O4. The molecule has 0 unspecified atom stereocenters. The van der Waals surface area contributed by atoms with Gasteiger partial charge < -0.3 is 19.5 Å². The van der Waals surface area contributed by atoms with Crippen molar-refractivity contribution in [2.75, 3.05) is 26.1 Å². The van der Waals surface area contributed by atoms with Crippen molar-refractivity contribution in [3.05, 3.63) is 53.6 Å². The minimum atomic E-state index is -0.526. The van der Waals surface area contributed by atoms with Crippen LogP contribution in [0.2, 0.25) is 0 Å². The average molecular weight is 352 g/mol. The van der Waals surface area contributed by atoms with Gasteiger partial charge in [-0.25, -0.2) is 0 Å². The highest BCUT2D eigenvalue weighted by atomic mass is 16.5. The van der Waals surface area contributed by atoms with Gasteiger partial charge >= 0.3 is 0 Å². The summed E-state index contributed by atoms with van der Waals surface area (Å²) in [7, 11) is 3.07. The largest absolute Gasteiger partial charge is 0.497 e. The number of anilines is 1. The first kappa shape index (κ1) is 18.9. The van der Waals surface area contributed by atoms with E-state index in [-0.39, 0.29) is 5.57 Å². The van der Waals surface area contributed by atoms with Gasteiger partial charge in [0.15, 0.2) is 0 Å². The monoisotopic (exact) mass is 352 g/mol. The quantitative estimate of drug-likeness (QED) is 0.608. The van der Waals surface area contributed by atoms with E-state index in [0.29, 0.717) is 35.1 Å². The van der Waals surface area contributed by atoms with Gasteiger partial charge in [-0.2, -0.15) is 5.26 Å². The van der Waals surface area contributed by atoms with Crippen LogP contribution in [-0.4, -0.2) is 26.7 Å². The van der Waals surface area contributed by atoms with Gasteiger partial charge in [0, 0.05) is 6.07 Å². The summed E-state index contributed by atoms with van der Waals surface area (Å²) in [5.74, 6) is 1.15. The van der Waals surface area contributed by atoms with Gasteiger partial charge in [0.1, 0.15) is 28.9 Å². The number of rotatable bonds is 7. The predicted molar refractivity (Wildman–Crippen MR) is 99.4 cm³/mol. The van der Waals surface area contributed by atoms with E-state index in [0.717, 1.165) is 0 Å². The summed E-state index contributed by atoms with van der Waals surface area (Å²) < 4.78 is 15.9. The molecule has 2 aromatic carbocycles. The normalized spacial score (nSPS) is 10.6.